The smallest absolute Gasteiger partial charge is 0.294 e. The Kier molecular flexibility index (Phi) is 6.85. The Morgan fingerprint density at radius 3 is 2.42 bits per heavy atom. The van der Waals surface area contributed by atoms with Crippen molar-refractivity contribution in [2.75, 3.05) is 11.9 Å². The second-order valence-corrected chi connectivity index (χ2v) is 8.79. The van der Waals surface area contributed by atoms with E-state index in [4.69, 9.17) is 4.74 Å². The molecule has 0 radical (unpaired) electrons. The molecule has 7 heteroatoms. The molecule has 1 saturated heterocycles. The number of thioether (sulfide) groups is 1. The molecule has 3 amide bonds. The van der Waals surface area contributed by atoms with E-state index in [-0.39, 0.29) is 17.6 Å². The third kappa shape index (κ3) is 5.35. The number of imide groups is 1. The highest BCUT2D eigenvalue weighted by atomic mass is 32.2. The zero-order valence-electron chi connectivity index (χ0n) is 18.3. The van der Waals surface area contributed by atoms with Crippen LogP contribution in [0.3, 0.4) is 0 Å². The van der Waals surface area contributed by atoms with Crippen molar-refractivity contribution >= 4 is 40.6 Å². The highest BCUT2D eigenvalue weighted by molar-refractivity contribution is 8.18. The molecule has 1 N–H and O–H groups in total. The number of hydrogen-bond donors (Lipinski definition) is 1. The standard InChI is InChI=1S/C24H26N2O4S/c1-14(2)30-19-9-7-6-8-18(19)12-20-23(28)26(24(29)31-20)13-21(27)25-22-16(4)10-15(3)11-17(22)5/h6-12,14H,13H2,1-5H3,(H,25,27)/b20-12-. The van der Waals surface area contributed by atoms with Crippen LogP contribution in [-0.4, -0.2) is 34.6 Å². The fourth-order valence-corrected chi connectivity index (χ4v) is 4.27. The topological polar surface area (TPSA) is 75.7 Å². The summed E-state index contributed by atoms with van der Waals surface area (Å²) in [7, 11) is 0. The van der Waals surface area contributed by atoms with Crippen LogP contribution < -0.4 is 10.1 Å². The lowest BCUT2D eigenvalue weighted by Crippen LogP contribution is -2.36. The Balaban J connectivity index is 1.75. The van der Waals surface area contributed by atoms with Crippen LogP contribution in [0.5, 0.6) is 5.75 Å². The van der Waals surface area contributed by atoms with Gasteiger partial charge in [0.1, 0.15) is 12.3 Å². The van der Waals surface area contributed by atoms with Crippen LogP contribution in [0.15, 0.2) is 41.3 Å². The minimum atomic E-state index is -0.484. The Bertz CT molecular complexity index is 1050. The Labute approximate surface area is 186 Å². The SMILES string of the molecule is Cc1cc(C)c(NC(=O)CN2C(=O)S/C(=C\c3ccccc3OC(C)C)C2=O)c(C)c1. The van der Waals surface area contributed by atoms with Crippen LogP contribution >= 0.6 is 11.8 Å². The minimum Gasteiger partial charge on any atom is -0.490 e. The third-order valence-electron chi connectivity index (χ3n) is 4.69. The van der Waals surface area contributed by atoms with Crippen molar-refractivity contribution in [3.05, 3.63) is 63.6 Å². The summed E-state index contributed by atoms with van der Waals surface area (Å²) < 4.78 is 5.78. The fourth-order valence-electron chi connectivity index (χ4n) is 3.44. The van der Waals surface area contributed by atoms with Crippen molar-refractivity contribution in [2.24, 2.45) is 0 Å². The molecule has 1 aliphatic rings. The second kappa shape index (κ2) is 9.39. The Morgan fingerprint density at radius 1 is 1.13 bits per heavy atom. The van der Waals surface area contributed by atoms with E-state index in [1.165, 1.54) is 0 Å². The molecule has 3 rings (SSSR count). The lowest BCUT2D eigenvalue weighted by Gasteiger charge is -2.16. The van der Waals surface area contributed by atoms with Gasteiger partial charge >= 0.3 is 0 Å². The van der Waals surface area contributed by atoms with E-state index in [9.17, 15) is 14.4 Å². The summed E-state index contributed by atoms with van der Waals surface area (Å²) in [6.45, 7) is 9.31. The van der Waals surface area contributed by atoms with Crippen molar-refractivity contribution in [3.8, 4) is 5.75 Å². The zero-order chi connectivity index (χ0) is 22.7. The molecule has 6 nitrogen and oxygen atoms in total. The van der Waals surface area contributed by atoms with E-state index in [1.54, 1.807) is 6.08 Å². The molecule has 0 atom stereocenters. The summed E-state index contributed by atoms with van der Waals surface area (Å²) in [5, 5.41) is 2.37. The van der Waals surface area contributed by atoms with Crippen LogP contribution in [0.1, 0.15) is 36.1 Å². The normalized spacial score (nSPS) is 15.2. The molecule has 1 aliphatic heterocycles. The van der Waals surface area contributed by atoms with Crippen LogP contribution in [0.2, 0.25) is 0 Å². The maximum atomic E-state index is 12.8. The first-order valence-electron chi connectivity index (χ1n) is 10.0. The van der Waals surface area contributed by atoms with Gasteiger partial charge in [-0.1, -0.05) is 35.9 Å². The van der Waals surface area contributed by atoms with Gasteiger partial charge in [0.25, 0.3) is 11.1 Å². The number of benzene rings is 2. The predicted molar refractivity (Wildman–Crippen MR) is 124 cm³/mol. The first kappa shape index (κ1) is 22.6. The van der Waals surface area contributed by atoms with Gasteiger partial charge in [-0.3, -0.25) is 19.3 Å². The van der Waals surface area contributed by atoms with Gasteiger partial charge in [0, 0.05) is 11.3 Å². The Morgan fingerprint density at radius 2 is 1.77 bits per heavy atom. The van der Waals surface area contributed by atoms with Crippen molar-refractivity contribution in [1.82, 2.24) is 4.90 Å². The van der Waals surface area contributed by atoms with Gasteiger partial charge in [0.05, 0.1) is 11.0 Å². The molecule has 31 heavy (non-hydrogen) atoms. The molecule has 1 fully saturated rings. The number of anilines is 1. The largest absolute Gasteiger partial charge is 0.490 e. The number of hydrogen-bond acceptors (Lipinski definition) is 5. The van der Waals surface area contributed by atoms with E-state index in [1.807, 2.05) is 71.0 Å². The minimum absolute atomic E-state index is 0.0259. The number of para-hydroxylation sites is 1. The summed E-state index contributed by atoms with van der Waals surface area (Å²) in [6.07, 6.45) is 1.61. The summed E-state index contributed by atoms with van der Waals surface area (Å²) >= 11 is 0.824. The van der Waals surface area contributed by atoms with Gasteiger partial charge in [-0.15, -0.1) is 0 Å². The number of amides is 3. The molecule has 0 saturated carbocycles. The molecule has 0 bridgehead atoms. The van der Waals surface area contributed by atoms with Crippen LogP contribution in [-0.2, 0) is 9.59 Å². The maximum absolute atomic E-state index is 12.8. The second-order valence-electron chi connectivity index (χ2n) is 7.79. The van der Waals surface area contributed by atoms with Crippen LogP contribution in [0.4, 0.5) is 10.5 Å². The van der Waals surface area contributed by atoms with E-state index in [0.717, 1.165) is 33.4 Å². The molecule has 162 valence electrons. The zero-order valence-corrected chi connectivity index (χ0v) is 19.1. The van der Waals surface area contributed by atoms with Gasteiger partial charge in [0.15, 0.2) is 0 Å². The number of carbonyl (C=O) groups excluding carboxylic acids is 3. The van der Waals surface area contributed by atoms with Crippen LogP contribution in [0.25, 0.3) is 6.08 Å². The third-order valence-corrected chi connectivity index (χ3v) is 5.59. The molecular weight excluding hydrogens is 412 g/mol. The molecular formula is C24H26N2O4S. The van der Waals surface area contributed by atoms with E-state index in [2.05, 4.69) is 5.32 Å². The van der Waals surface area contributed by atoms with E-state index >= 15 is 0 Å². The van der Waals surface area contributed by atoms with Crippen molar-refractivity contribution in [1.29, 1.82) is 0 Å². The number of nitrogens with zero attached hydrogens (tertiary/aromatic N) is 1. The quantitative estimate of drug-likeness (QED) is 0.637. The van der Waals surface area contributed by atoms with Crippen molar-refractivity contribution in [2.45, 2.75) is 40.7 Å². The monoisotopic (exact) mass is 438 g/mol. The van der Waals surface area contributed by atoms with Gasteiger partial charge in [-0.05, 0) is 69.6 Å². The van der Waals surface area contributed by atoms with E-state index in [0.29, 0.717) is 17.0 Å². The first-order chi connectivity index (χ1) is 14.7. The van der Waals surface area contributed by atoms with Gasteiger partial charge in [-0.2, -0.15) is 0 Å². The molecule has 0 unspecified atom stereocenters. The highest BCUT2D eigenvalue weighted by Crippen LogP contribution is 2.34. The molecule has 2 aromatic rings. The molecule has 0 spiro atoms. The molecule has 1 heterocycles. The number of carbonyl (C=O) groups is 3. The number of nitrogens with one attached hydrogen (secondary N) is 1. The van der Waals surface area contributed by atoms with Crippen molar-refractivity contribution in [3.63, 3.8) is 0 Å². The average molecular weight is 439 g/mol. The summed E-state index contributed by atoms with van der Waals surface area (Å²) in [4.78, 5) is 39.1. The maximum Gasteiger partial charge on any atom is 0.294 e. The van der Waals surface area contributed by atoms with Gasteiger partial charge in [0.2, 0.25) is 5.91 Å². The first-order valence-corrected chi connectivity index (χ1v) is 10.9. The van der Waals surface area contributed by atoms with Crippen molar-refractivity contribution < 1.29 is 19.1 Å². The molecule has 0 aromatic heterocycles. The lowest BCUT2D eigenvalue weighted by molar-refractivity contribution is -0.127. The molecule has 0 aliphatic carbocycles. The predicted octanol–water partition coefficient (Wildman–Crippen LogP) is 5.07. The highest BCUT2D eigenvalue weighted by Gasteiger charge is 2.36. The number of rotatable bonds is 6. The van der Waals surface area contributed by atoms with Gasteiger partial charge in [-0.25, -0.2) is 0 Å². The Hall–Kier alpha value is -3.06. The number of aryl methyl sites for hydroxylation is 3. The lowest BCUT2D eigenvalue weighted by atomic mass is 10.1. The summed E-state index contributed by atoms with van der Waals surface area (Å²) in [5.41, 5.74) is 4.38. The average Bonchev–Trinajstić information content (AvgIpc) is 2.93. The fraction of sp³-hybridized carbons (Fsp3) is 0.292. The summed E-state index contributed by atoms with van der Waals surface area (Å²) in [6, 6.07) is 11.3. The van der Waals surface area contributed by atoms with E-state index < -0.39 is 17.1 Å². The van der Waals surface area contributed by atoms with Gasteiger partial charge < -0.3 is 10.1 Å². The van der Waals surface area contributed by atoms with Crippen LogP contribution in [0, 0.1) is 20.8 Å². The summed E-state index contributed by atoms with van der Waals surface area (Å²) in [5.74, 6) is -0.267. The molecule has 2 aromatic carbocycles. The number of ether oxygens (including phenoxy) is 1.